The first kappa shape index (κ1) is 17.6. The van der Waals surface area contributed by atoms with E-state index in [4.69, 9.17) is 10.5 Å². The van der Waals surface area contributed by atoms with Crippen molar-refractivity contribution in [1.82, 2.24) is 5.32 Å². The molecule has 2 aromatic rings. The van der Waals surface area contributed by atoms with Gasteiger partial charge in [0.15, 0.2) is 0 Å². The molecule has 4 heteroatoms. The maximum atomic E-state index is 11.3. The minimum atomic E-state index is -0.390. The lowest BCUT2D eigenvalue weighted by atomic mass is 9.94. The number of nitrogens with one attached hydrogen (secondary N) is 1. The lowest BCUT2D eigenvalue weighted by molar-refractivity contribution is 0.1000. The molecule has 0 bridgehead atoms. The van der Waals surface area contributed by atoms with Crippen LogP contribution < -0.4 is 11.1 Å². The Bertz CT molecular complexity index is 764. The van der Waals surface area contributed by atoms with Crippen LogP contribution >= 0.6 is 0 Å². The smallest absolute Gasteiger partial charge is 0.248 e. The number of hydrogen-bond donors (Lipinski definition) is 2. The maximum absolute atomic E-state index is 11.3. The molecule has 0 aliphatic carbocycles. The standard InChI is InChI=1S/C21H26N2O2/c1-14-10-16(12-23-13-18-4-3-9-25-18)5-7-19(14)20-8-6-17(21(22)24)11-15(20)2/h5-8,10-11,18,23H,3-4,9,12-13H2,1-2H3,(H2,22,24). The van der Waals surface area contributed by atoms with Crippen molar-refractivity contribution in [2.45, 2.75) is 39.3 Å². The van der Waals surface area contributed by atoms with Gasteiger partial charge in [0.1, 0.15) is 0 Å². The average Bonchev–Trinajstić information content (AvgIpc) is 3.09. The fraction of sp³-hybridized carbons (Fsp3) is 0.381. The second-order valence-corrected chi connectivity index (χ2v) is 6.81. The lowest BCUT2D eigenvalue weighted by Gasteiger charge is -2.14. The predicted molar refractivity (Wildman–Crippen MR) is 101 cm³/mol. The summed E-state index contributed by atoms with van der Waals surface area (Å²) in [5, 5.41) is 3.49. The number of aryl methyl sites for hydroxylation is 2. The van der Waals surface area contributed by atoms with Gasteiger partial charge in [0.2, 0.25) is 5.91 Å². The first-order chi connectivity index (χ1) is 12.0. The van der Waals surface area contributed by atoms with Crippen LogP contribution in [0.15, 0.2) is 36.4 Å². The summed E-state index contributed by atoms with van der Waals surface area (Å²) in [5.41, 5.74) is 11.8. The lowest BCUT2D eigenvalue weighted by Crippen LogP contribution is -2.25. The van der Waals surface area contributed by atoms with Crippen LogP contribution in [0, 0.1) is 13.8 Å². The molecule has 1 amide bonds. The molecule has 132 valence electrons. The van der Waals surface area contributed by atoms with Crippen LogP contribution in [-0.4, -0.2) is 25.2 Å². The van der Waals surface area contributed by atoms with Gasteiger partial charge in [0.05, 0.1) is 6.10 Å². The van der Waals surface area contributed by atoms with E-state index in [9.17, 15) is 4.79 Å². The van der Waals surface area contributed by atoms with Gasteiger partial charge < -0.3 is 15.8 Å². The molecular weight excluding hydrogens is 312 g/mol. The highest BCUT2D eigenvalue weighted by molar-refractivity contribution is 5.93. The summed E-state index contributed by atoms with van der Waals surface area (Å²) in [7, 11) is 0. The Labute approximate surface area is 149 Å². The number of ether oxygens (including phenoxy) is 1. The van der Waals surface area contributed by atoms with Crippen LogP contribution in [-0.2, 0) is 11.3 Å². The molecule has 0 spiro atoms. The van der Waals surface area contributed by atoms with Gasteiger partial charge in [-0.25, -0.2) is 0 Å². The van der Waals surface area contributed by atoms with Gasteiger partial charge in [0, 0.05) is 25.3 Å². The topological polar surface area (TPSA) is 64.3 Å². The first-order valence-electron chi connectivity index (χ1n) is 8.87. The molecule has 2 aromatic carbocycles. The number of nitrogens with two attached hydrogens (primary N) is 1. The van der Waals surface area contributed by atoms with E-state index in [-0.39, 0.29) is 5.91 Å². The molecule has 1 heterocycles. The van der Waals surface area contributed by atoms with E-state index in [0.29, 0.717) is 11.7 Å². The summed E-state index contributed by atoms with van der Waals surface area (Å²) in [6.45, 7) is 6.79. The van der Waals surface area contributed by atoms with E-state index in [1.54, 1.807) is 6.07 Å². The molecule has 3 N–H and O–H groups in total. The Morgan fingerprint density at radius 2 is 1.88 bits per heavy atom. The Kier molecular flexibility index (Phi) is 5.51. The minimum absolute atomic E-state index is 0.367. The van der Waals surface area contributed by atoms with E-state index in [1.807, 2.05) is 19.1 Å². The molecule has 0 saturated carbocycles. The van der Waals surface area contributed by atoms with Crippen LogP contribution in [0.5, 0.6) is 0 Å². The van der Waals surface area contributed by atoms with Crippen molar-refractivity contribution in [1.29, 1.82) is 0 Å². The van der Waals surface area contributed by atoms with Crippen LogP contribution in [0.4, 0.5) is 0 Å². The Morgan fingerprint density at radius 1 is 1.16 bits per heavy atom. The van der Waals surface area contributed by atoms with Gasteiger partial charge in [-0.1, -0.05) is 24.3 Å². The second kappa shape index (κ2) is 7.81. The zero-order valence-corrected chi connectivity index (χ0v) is 15.0. The monoisotopic (exact) mass is 338 g/mol. The minimum Gasteiger partial charge on any atom is -0.377 e. The fourth-order valence-electron chi connectivity index (χ4n) is 3.44. The third-order valence-electron chi connectivity index (χ3n) is 4.82. The molecule has 1 saturated heterocycles. The van der Waals surface area contributed by atoms with Crippen LogP contribution in [0.3, 0.4) is 0 Å². The normalized spacial score (nSPS) is 17.0. The zero-order valence-electron chi connectivity index (χ0n) is 15.0. The van der Waals surface area contributed by atoms with Gasteiger partial charge in [-0.2, -0.15) is 0 Å². The fourth-order valence-corrected chi connectivity index (χ4v) is 3.44. The van der Waals surface area contributed by atoms with Crippen LogP contribution in [0.25, 0.3) is 11.1 Å². The van der Waals surface area contributed by atoms with E-state index >= 15 is 0 Å². The molecule has 3 rings (SSSR count). The summed E-state index contributed by atoms with van der Waals surface area (Å²) < 4.78 is 5.64. The van der Waals surface area contributed by atoms with Crippen molar-refractivity contribution in [2.75, 3.05) is 13.2 Å². The highest BCUT2D eigenvalue weighted by Gasteiger charge is 2.14. The summed E-state index contributed by atoms with van der Waals surface area (Å²) >= 11 is 0. The van der Waals surface area contributed by atoms with E-state index in [1.165, 1.54) is 23.1 Å². The summed E-state index contributed by atoms with van der Waals surface area (Å²) in [6.07, 6.45) is 2.70. The predicted octanol–water partition coefficient (Wildman–Crippen LogP) is 3.34. The maximum Gasteiger partial charge on any atom is 0.248 e. The number of amides is 1. The molecule has 1 aliphatic rings. The largest absolute Gasteiger partial charge is 0.377 e. The van der Waals surface area contributed by atoms with Crippen molar-refractivity contribution >= 4 is 5.91 Å². The number of carbonyl (C=O) groups is 1. The SMILES string of the molecule is Cc1cc(CNCC2CCCO2)ccc1-c1ccc(C(N)=O)cc1C. The molecule has 1 unspecified atom stereocenters. The molecule has 4 nitrogen and oxygen atoms in total. The molecule has 1 fully saturated rings. The van der Waals surface area contributed by atoms with Gasteiger partial charge in [-0.3, -0.25) is 4.79 Å². The number of primary amides is 1. The molecule has 0 aromatic heterocycles. The van der Waals surface area contributed by atoms with Crippen molar-refractivity contribution in [2.24, 2.45) is 5.73 Å². The number of benzene rings is 2. The summed E-state index contributed by atoms with van der Waals surface area (Å²) in [5.74, 6) is -0.390. The van der Waals surface area contributed by atoms with Crippen LogP contribution in [0.1, 0.15) is 39.9 Å². The van der Waals surface area contributed by atoms with Gasteiger partial charge in [-0.05, 0) is 66.6 Å². The second-order valence-electron chi connectivity index (χ2n) is 6.81. The van der Waals surface area contributed by atoms with Gasteiger partial charge >= 0.3 is 0 Å². The van der Waals surface area contributed by atoms with Gasteiger partial charge in [-0.15, -0.1) is 0 Å². The molecule has 25 heavy (non-hydrogen) atoms. The molecular formula is C21H26N2O2. The summed E-state index contributed by atoms with van der Waals surface area (Å²) in [6, 6.07) is 12.2. The number of hydrogen-bond acceptors (Lipinski definition) is 3. The van der Waals surface area contributed by atoms with E-state index < -0.39 is 0 Å². The number of carbonyl (C=O) groups excluding carboxylic acids is 1. The Balaban J connectivity index is 1.70. The Morgan fingerprint density at radius 3 is 2.48 bits per heavy atom. The zero-order chi connectivity index (χ0) is 17.8. The van der Waals surface area contributed by atoms with Crippen molar-refractivity contribution in [3.63, 3.8) is 0 Å². The van der Waals surface area contributed by atoms with Crippen molar-refractivity contribution < 1.29 is 9.53 Å². The third kappa shape index (κ3) is 4.27. The Hall–Kier alpha value is -2.17. The third-order valence-corrected chi connectivity index (χ3v) is 4.82. The number of rotatable bonds is 6. The van der Waals surface area contributed by atoms with Crippen molar-refractivity contribution in [3.8, 4) is 11.1 Å². The molecule has 1 aliphatic heterocycles. The van der Waals surface area contributed by atoms with E-state index in [0.717, 1.165) is 37.2 Å². The first-order valence-corrected chi connectivity index (χ1v) is 8.87. The highest BCUT2D eigenvalue weighted by atomic mass is 16.5. The average molecular weight is 338 g/mol. The van der Waals surface area contributed by atoms with Gasteiger partial charge in [0.25, 0.3) is 0 Å². The van der Waals surface area contributed by atoms with Crippen molar-refractivity contribution in [3.05, 3.63) is 58.7 Å². The highest BCUT2D eigenvalue weighted by Crippen LogP contribution is 2.28. The van der Waals surface area contributed by atoms with Crippen LogP contribution in [0.2, 0.25) is 0 Å². The molecule has 0 radical (unpaired) electrons. The van der Waals surface area contributed by atoms with E-state index in [2.05, 4.69) is 30.4 Å². The molecule has 1 atom stereocenters. The quantitative estimate of drug-likeness (QED) is 0.849. The summed E-state index contributed by atoms with van der Waals surface area (Å²) in [4.78, 5) is 11.3.